The van der Waals surface area contributed by atoms with E-state index in [2.05, 4.69) is 9.71 Å². The highest BCUT2D eigenvalue weighted by molar-refractivity contribution is 7.92. The average molecular weight is 269 g/mol. The summed E-state index contributed by atoms with van der Waals surface area (Å²) in [4.78, 5) is 3.88. The van der Waals surface area contributed by atoms with Crippen LogP contribution in [0.4, 0.5) is 5.82 Å². The van der Waals surface area contributed by atoms with Crippen molar-refractivity contribution in [1.82, 2.24) is 4.98 Å². The number of anilines is 1. The fourth-order valence-corrected chi connectivity index (χ4v) is 2.58. The molecule has 0 unspecified atom stereocenters. The zero-order valence-electron chi connectivity index (χ0n) is 8.00. The van der Waals surface area contributed by atoms with Gasteiger partial charge in [-0.1, -0.05) is 11.6 Å². The fraction of sp³-hybridized carbons (Fsp3) is 0.375. The summed E-state index contributed by atoms with van der Waals surface area (Å²) in [7, 11) is -3.41. The van der Waals surface area contributed by atoms with Gasteiger partial charge >= 0.3 is 0 Å². The molecule has 1 aromatic rings. The van der Waals surface area contributed by atoms with E-state index < -0.39 is 10.0 Å². The molecule has 0 amide bonds. The Morgan fingerprint density at radius 2 is 2.20 bits per heavy atom. The molecule has 84 valence electrons. The Labute approximate surface area is 98.7 Å². The van der Waals surface area contributed by atoms with Gasteiger partial charge in [0.2, 0.25) is 10.0 Å². The fourth-order valence-electron chi connectivity index (χ4n) is 0.947. The summed E-state index contributed by atoms with van der Waals surface area (Å²) in [5.74, 6) is 0.185. The summed E-state index contributed by atoms with van der Waals surface area (Å²) >= 11 is 11.0. The van der Waals surface area contributed by atoms with E-state index in [1.165, 1.54) is 6.20 Å². The van der Waals surface area contributed by atoms with Crippen LogP contribution in [0.25, 0.3) is 0 Å². The number of aromatic nitrogens is 1. The van der Waals surface area contributed by atoms with Gasteiger partial charge in [0.25, 0.3) is 0 Å². The lowest BCUT2D eigenvalue weighted by Gasteiger charge is -2.08. The molecule has 0 aliphatic carbocycles. The van der Waals surface area contributed by atoms with Crippen LogP contribution in [-0.2, 0) is 10.0 Å². The zero-order chi connectivity index (χ0) is 11.5. The summed E-state index contributed by atoms with van der Waals surface area (Å²) in [5, 5.41) is 0.466. The van der Waals surface area contributed by atoms with Crippen LogP contribution in [0.3, 0.4) is 0 Å². The first-order valence-electron chi connectivity index (χ1n) is 4.13. The van der Waals surface area contributed by atoms with Crippen molar-refractivity contribution >= 4 is 39.0 Å². The predicted molar refractivity (Wildman–Crippen MR) is 62.1 cm³/mol. The van der Waals surface area contributed by atoms with E-state index in [1.54, 1.807) is 13.0 Å². The molecule has 0 spiro atoms. The first-order valence-corrected chi connectivity index (χ1v) is 6.69. The van der Waals surface area contributed by atoms with Gasteiger partial charge in [-0.25, -0.2) is 13.4 Å². The molecule has 0 radical (unpaired) electrons. The minimum Gasteiger partial charge on any atom is -0.267 e. The Kier molecular flexibility index (Phi) is 4.19. The van der Waals surface area contributed by atoms with Gasteiger partial charge in [0.1, 0.15) is 5.82 Å². The van der Waals surface area contributed by atoms with E-state index >= 15 is 0 Å². The lowest BCUT2D eigenvalue weighted by Crippen LogP contribution is -2.18. The first-order chi connectivity index (χ1) is 6.94. The summed E-state index contributed by atoms with van der Waals surface area (Å²) in [5.41, 5.74) is 0.667. The molecule has 7 heteroatoms. The molecule has 1 aromatic heterocycles. The van der Waals surface area contributed by atoms with Crippen molar-refractivity contribution in [1.29, 1.82) is 0 Å². The highest BCUT2D eigenvalue weighted by atomic mass is 35.5. The molecular formula is C8H10Cl2N2O2S. The van der Waals surface area contributed by atoms with Gasteiger partial charge < -0.3 is 0 Å². The summed E-state index contributed by atoms with van der Waals surface area (Å²) in [6, 6.07) is 1.63. The second-order valence-corrected chi connectivity index (χ2v) is 5.59. The van der Waals surface area contributed by atoms with Gasteiger partial charge in [-0.3, -0.25) is 4.72 Å². The number of alkyl halides is 1. The van der Waals surface area contributed by atoms with E-state index in [-0.39, 0.29) is 17.5 Å². The van der Waals surface area contributed by atoms with Gasteiger partial charge in [-0.2, -0.15) is 0 Å². The topological polar surface area (TPSA) is 59.1 Å². The molecule has 1 N–H and O–H groups in total. The highest BCUT2D eigenvalue weighted by Crippen LogP contribution is 2.17. The number of halogens is 2. The number of rotatable bonds is 4. The second-order valence-electron chi connectivity index (χ2n) is 2.93. The van der Waals surface area contributed by atoms with Gasteiger partial charge in [0, 0.05) is 12.1 Å². The Hall–Kier alpha value is -0.520. The van der Waals surface area contributed by atoms with Crippen LogP contribution in [0, 0.1) is 6.92 Å². The SMILES string of the molecule is Cc1cc(Cl)cnc1NS(=O)(=O)CCCl. The van der Waals surface area contributed by atoms with Crippen molar-refractivity contribution in [2.75, 3.05) is 16.4 Å². The minimum absolute atomic E-state index is 0.0436. The quantitative estimate of drug-likeness (QED) is 0.851. The summed E-state index contributed by atoms with van der Waals surface area (Å²) in [6.07, 6.45) is 1.38. The van der Waals surface area contributed by atoms with Crippen LogP contribution in [-0.4, -0.2) is 25.0 Å². The molecule has 4 nitrogen and oxygen atoms in total. The Bertz CT molecular complexity index is 448. The van der Waals surface area contributed by atoms with Gasteiger partial charge in [-0.05, 0) is 18.6 Å². The zero-order valence-corrected chi connectivity index (χ0v) is 10.3. The Morgan fingerprint density at radius 3 is 2.73 bits per heavy atom. The first kappa shape index (κ1) is 12.5. The van der Waals surface area contributed by atoms with E-state index in [4.69, 9.17) is 23.2 Å². The molecule has 0 aromatic carbocycles. The van der Waals surface area contributed by atoms with E-state index in [0.717, 1.165) is 0 Å². The van der Waals surface area contributed by atoms with Crippen molar-refractivity contribution in [3.05, 3.63) is 22.8 Å². The molecule has 0 saturated carbocycles. The number of sulfonamides is 1. The second kappa shape index (κ2) is 5.01. The van der Waals surface area contributed by atoms with Crippen molar-refractivity contribution in [3.63, 3.8) is 0 Å². The third-order valence-electron chi connectivity index (χ3n) is 1.64. The van der Waals surface area contributed by atoms with Crippen LogP contribution >= 0.6 is 23.2 Å². The standard InChI is InChI=1S/C8H10Cl2N2O2S/c1-6-4-7(10)5-11-8(6)12-15(13,14)3-2-9/h4-5H,2-3H2,1H3,(H,11,12). The molecule has 0 saturated heterocycles. The number of nitrogens with one attached hydrogen (secondary N) is 1. The van der Waals surface area contributed by atoms with E-state index in [0.29, 0.717) is 10.6 Å². The molecule has 0 atom stereocenters. The monoisotopic (exact) mass is 268 g/mol. The maximum absolute atomic E-state index is 11.4. The van der Waals surface area contributed by atoms with Crippen LogP contribution in [0.2, 0.25) is 5.02 Å². The van der Waals surface area contributed by atoms with E-state index in [9.17, 15) is 8.42 Å². The van der Waals surface area contributed by atoms with Crippen molar-refractivity contribution in [3.8, 4) is 0 Å². The molecule has 0 aliphatic heterocycles. The maximum atomic E-state index is 11.4. The lowest BCUT2D eigenvalue weighted by molar-refractivity contribution is 0.602. The third-order valence-corrected chi connectivity index (χ3v) is 3.51. The van der Waals surface area contributed by atoms with Gasteiger partial charge in [0.05, 0.1) is 10.8 Å². The molecular weight excluding hydrogens is 259 g/mol. The summed E-state index contributed by atoms with van der Waals surface area (Å²) in [6.45, 7) is 1.72. The smallest absolute Gasteiger partial charge is 0.235 e. The van der Waals surface area contributed by atoms with Crippen molar-refractivity contribution in [2.24, 2.45) is 0 Å². The number of pyridine rings is 1. The molecule has 0 aliphatic rings. The van der Waals surface area contributed by atoms with E-state index in [1.807, 2.05) is 0 Å². The minimum atomic E-state index is -3.41. The Balaban J connectivity index is 2.90. The van der Waals surface area contributed by atoms with Crippen LogP contribution < -0.4 is 4.72 Å². The van der Waals surface area contributed by atoms with Gasteiger partial charge in [0.15, 0.2) is 0 Å². The Morgan fingerprint density at radius 1 is 1.53 bits per heavy atom. The normalized spacial score (nSPS) is 11.4. The number of hydrogen-bond acceptors (Lipinski definition) is 3. The number of hydrogen-bond donors (Lipinski definition) is 1. The number of aryl methyl sites for hydroxylation is 1. The van der Waals surface area contributed by atoms with Crippen molar-refractivity contribution < 1.29 is 8.42 Å². The lowest BCUT2D eigenvalue weighted by atomic mass is 10.3. The summed E-state index contributed by atoms with van der Waals surface area (Å²) < 4.78 is 25.1. The van der Waals surface area contributed by atoms with Gasteiger partial charge in [-0.15, -0.1) is 11.6 Å². The predicted octanol–water partition coefficient (Wildman–Crippen LogP) is 2.02. The molecule has 0 bridgehead atoms. The molecule has 0 fully saturated rings. The third kappa shape index (κ3) is 3.85. The maximum Gasteiger partial charge on any atom is 0.235 e. The molecule has 1 heterocycles. The van der Waals surface area contributed by atoms with Crippen LogP contribution in [0.15, 0.2) is 12.3 Å². The largest absolute Gasteiger partial charge is 0.267 e. The number of nitrogens with zero attached hydrogens (tertiary/aromatic N) is 1. The van der Waals surface area contributed by atoms with Crippen LogP contribution in [0.1, 0.15) is 5.56 Å². The van der Waals surface area contributed by atoms with Crippen LogP contribution in [0.5, 0.6) is 0 Å². The molecule has 15 heavy (non-hydrogen) atoms. The average Bonchev–Trinajstić information content (AvgIpc) is 2.09. The van der Waals surface area contributed by atoms with Crippen molar-refractivity contribution in [2.45, 2.75) is 6.92 Å². The molecule has 1 rings (SSSR count). The highest BCUT2D eigenvalue weighted by Gasteiger charge is 2.11.